The molecule has 3 aromatic rings. The first-order valence-electron chi connectivity index (χ1n) is 12.3. The molecule has 1 amide bonds. The van der Waals surface area contributed by atoms with Gasteiger partial charge in [-0.25, -0.2) is 9.78 Å². The SMILES string of the molecule is CC(C)(C)OC(=O)N1CC(CC#N)(n2cc(-c3ccnc4c3ccn4COCC[Si](C)(C)C)cn2)C1. The minimum Gasteiger partial charge on any atom is -0.444 e. The molecule has 0 unspecified atom stereocenters. The second-order valence-corrected chi connectivity index (χ2v) is 17.4. The monoisotopic (exact) mass is 508 g/mol. The van der Waals surface area contributed by atoms with Crippen LogP contribution >= 0.6 is 0 Å². The summed E-state index contributed by atoms with van der Waals surface area (Å²) in [7, 11) is -1.13. The van der Waals surface area contributed by atoms with Crippen molar-refractivity contribution in [1.29, 1.82) is 5.26 Å². The number of nitrogens with zero attached hydrogens (tertiary/aromatic N) is 6. The van der Waals surface area contributed by atoms with Crippen molar-refractivity contribution in [1.82, 2.24) is 24.2 Å². The first-order chi connectivity index (χ1) is 16.9. The molecule has 36 heavy (non-hydrogen) atoms. The summed E-state index contributed by atoms with van der Waals surface area (Å²) in [6.45, 7) is 14.5. The number of likely N-dealkylation sites (tertiary alicyclic amines) is 1. The number of rotatable bonds is 8. The molecule has 192 valence electrons. The van der Waals surface area contributed by atoms with Gasteiger partial charge in [-0.1, -0.05) is 19.6 Å². The second-order valence-electron chi connectivity index (χ2n) is 11.8. The fourth-order valence-electron chi connectivity index (χ4n) is 4.31. The molecule has 9 nitrogen and oxygen atoms in total. The van der Waals surface area contributed by atoms with Crippen molar-refractivity contribution in [2.75, 3.05) is 19.7 Å². The number of aromatic nitrogens is 4. The van der Waals surface area contributed by atoms with Crippen molar-refractivity contribution in [2.24, 2.45) is 0 Å². The van der Waals surface area contributed by atoms with Crippen LogP contribution in [0.2, 0.25) is 25.7 Å². The summed E-state index contributed by atoms with van der Waals surface area (Å²) in [5.41, 5.74) is 1.69. The molecule has 4 rings (SSSR count). The molecule has 1 aliphatic heterocycles. The van der Waals surface area contributed by atoms with Crippen molar-refractivity contribution in [3.63, 3.8) is 0 Å². The van der Waals surface area contributed by atoms with Gasteiger partial charge in [-0.2, -0.15) is 10.4 Å². The Balaban J connectivity index is 1.51. The number of carbonyl (C=O) groups excluding carboxylic acids is 1. The van der Waals surface area contributed by atoms with E-state index in [1.54, 1.807) is 11.1 Å². The Hall–Kier alpha value is -3.16. The zero-order chi connectivity index (χ0) is 26.1. The van der Waals surface area contributed by atoms with Gasteiger partial charge in [-0.05, 0) is 44.5 Å². The maximum Gasteiger partial charge on any atom is 0.410 e. The van der Waals surface area contributed by atoms with E-state index in [0.29, 0.717) is 19.8 Å². The fourth-order valence-corrected chi connectivity index (χ4v) is 5.07. The summed E-state index contributed by atoms with van der Waals surface area (Å²) in [6.07, 6.45) is 7.46. The lowest BCUT2D eigenvalue weighted by Gasteiger charge is -2.48. The van der Waals surface area contributed by atoms with Crippen LogP contribution in [0.15, 0.2) is 36.9 Å². The number of hydrogen-bond acceptors (Lipinski definition) is 6. The molecule has 0 bridgehead atoms. The van der Waals surface area contributed by atoms with Crippen molar-refractivity contribution in [3.05, 3.63) is 36.9 Å². The van der Waals surface area contributed by atoms with Crippen LogP contribution in [0.5, 0.6) is 0 Å². The predicted molar refractivity (Wildman–Crippen MR) is 141 cm³/mol. The summed E-state index contributed by atoms with van der Waals surface area (Å²) in [6, 6.07) is 7.42. The third kappa shape index (κ3) is 5.63. The van der Waals surface area contributed by atoms with Gasteiger partial charge >= 0.3 is 6.09 Å². The molecule has 0 aliphatic carbocycles. The smallest absolute Gasteiger partial charge is 0.410 e. The fraction of sp³-hybridized carbons (Fsp3) is 0.538. The van der Waals surface area contributed by atoms with Crippen LogP contribution in [-0.4, -0.2) is 63.7 Å². The van der Waals surface area contributed by atoms with Gasteiger partial charge in [0.1, 0.15) is 23.5 Å². The van der Waals surface area contributed by atoms with E-state index < -0.39 is 19.2 Å². The lowest BCUT2D eigenvalue weighted by molar-refractivity contribution is -0.0314. The van der Waals surface area contributed by atoms with E-state index in [-0.39, 0.29) is 12.5 Å². The lowest BCUT2D eigenvalue weighted by Crippen LogP contribution is -2.64. The molecule has 1 saturated heterocycles. The second kappa shape index (κ2) is 9.71. The maximum absolute atomic E-state index is 12.5. The summed E-state index contributed by atoms with van der Waals surface area (Å²) < 4.78 is 15.3. The molecule has 10 heteroatoms. The van der Waals surface area contributed by atoms with Gasteiger partial charge in [0.05, 0.1) is 31.8 Å². The first-order valence-corrected chi connectivity index (χ1v) is 16.0. The molecule has 4 heterocycles. The molecule has 0 spiro atoms. The van der Waals surface area contributed by atoms with Crippen molar-refractivity contribution in [2.45, 2.75) is 70.7 Å². The Morgan fingerprint density at radius 3 is 2.67 bits per heavy atom. The molecule has 0 saturated carbocycles. The third-order valence-electron chi connectivity index (χ3n) is 6.30. The largest absolute Gasteiger partial charge is 0.444 e. The number of fused-ring (bicyclic) bond motifs is 1. The average molecular weight is 509 g/mol. The maximum atomic E-state index is 12.5. The van der Waals surface area contributed by atoms with Crippen LogP contribution in [0.4, 0.5) is 4.79 Å². The highest BCUT2D eigenvalue weighted by Gasteiger charge is 2.48. The van der Waals surface area contributed by atoms with Crippen LogP contribution in [-0.2, 0) is 21.7 Å². The van der Waals surface area contributed by atoms with Crippen molar-refractivity contribution in [3.8, 4) is 17.2 Å². The zero-order valence-corrected chi connectivity index (χ0v) is 23.1. The molecule has 0 N–H and O–H groups in total. The van der Waals surface area contributed by atoms with E-state index in [4.69, 9.17) is 9.47 Å². The molecule has 0 aromatic carbocycles. The summed E-state index contributed by atoms with van der Waals surface area (Å²) in [5.74, 6) is 0. The molecule has 1 fully saturated rings. The topological polar surface area (TPSA) is 98.2 Å². The van der Waals surface area contributed by atoms with Gasteiger partial charge < -0.3 is 18.9 Å². The summed E-state index contributed by atoms with van der Waals surface area (Å²) >= 11 is 0. The molecule has 1 aliphatic rings. The van der Waals surface area contributed by atoms with Crippen molar-refractivity contribution >= 4 is 25.2 Å². The third-order valence-corrected chi connectivity index (χ3v) is 8.00. The van der Waals surface area contributed by atoms with Gasteiger partial charge in [0.15, 0.2) is 0 Å². The quantitative estimate of drug-likeness (QED) is 0.311. The highest BCUT2D eigenvalue weighted by molar-refractivity contribution is 6.76. The number of pyridine rings is 1. The van der Waals surface area contributed by atoms with E-state index in [2.05, 4.69) is 41.9 Å². The van der Waals surface area contributed by atoms with Gasteiger partial charge in [0.2, 0.25) is 0 Å². The number of ether oxygens (including phenoxy) is 2. The summed E-state index contributed by atoms with van der Waals surface area (Å²) in [4.78, 5) is 18.7. The Bertz CT molecular complexity index is 1270. The molecule has 0 atom stereocenters. The highest BCUT2D eigenvalue weighted by Crippen LogP contribution is 2.35. The molecule has 3 aromatic heterocycles. The minimum atomic E-state index is -1.13. The minimum absolute atomic E-state index is 0.254. The average Bonchev–Trinajstić information content (AvgIpc) is 3.39. The number of hydrogen-bond donors (Lipinski definition) is 0. The van der Waals surface area contributed by atoms with E-state index in [0.717, 1.165) is 34.8 Å². The van der Waals surface area contributed by atoms with Crippen LogP contribution < -0.4 is 0 Å². The Labute approximate surface area is 213 Å². The van der Waals surface area contributed by atoms with E-state index in [1.165, 1.54) is 0 Å². The lowest BCUT2D eigenvalue weighted by atomic mass is 9.87. The van der Waals surface area contributed by atoms with Gasteiger partial charge in [-0.15, -0.1) is 0 Å². The zero-order valence-electron chi connectivity index (χ0n) is 22.1. The summed E-state index contributed by atoms with van der Waals surface area (Å²) in [5, 5.41) is 15.1. The predicted octanol–water partition coefficient (Wildman–Crippen LogP) is 5.07. The molecular weight excluding hydrogens is 472 g/mol. The first kappa shape index (κ1) is 25.9. The van der Waals surface area contributed by atoms with E-state index in [9.17, 15) is 10.1 Å². The highest BCUT2D eigenvalue weighted by atomic mass is 28.3. The van der Waals surface area contributed by atoms with Crippen LogP contribution in [0.25, 0.3) is 22.2 Å². The molecular formula is C26H36N6O3Si. The van der Waals surface area contributed by atoms with Crippen LogP contribution in [0.1, 0.15) is 27.2 Å². The van der Waals surface area contributed by atoms with Gasteiger partial charge in [-0.3, -0.25) is 4.68 Å². The van der Waals surface area contributed by atoms with E-state index in [1.807, 2.05) is 54.7 Å². The molecule has 0 radical (unpaired) electrons. The Kier molecular flexibility index (Phi) is 6.99. The van der Waals surface area contributed by atoms with Crippen molar-refractivity contribution < 1.29 is 14.3 Å². The van der Waals surface area contributed by atoms with Crippen LogP contribution in [0, 0.1) is 11.3 Å². The number of nitriles is 1. The Morgan fingerprint density at radius 2 is 2.00 bits per heavy atom. The van der Waals surface area contributed by atoms with E-state index >= 15 is 0 Å². The normalized spacial score (nSPS) is 15.5. The van der Waals surface area contributed by atoms with Crippen LogP contribution in [0.3, 0.4) is 0 Å². The standard InChI is InChI=1S/C26H36N6O3Si/c1-25(2,3)35-24(33)31-17-26(18-31,9-10-27)32-16-20(15-29-32)21-7-11-28-23-22(21)8-12-30(23)19-34-13-14-36(4,5)6/h7-8,11-12,15-16H,9,13-14,17-19H2,1-6H3. The Morgan fingerprint density at radius 1 is 1.25 bits per heavy atom. The van der Waals surface area contributed by atoms with Gasteiger partial charge in [0, 0.05) is 44.2 Å². The van der Waals surface area contributed by atoms with Gasteiger partial charge in [0.25, 0.3) is 0 Å². The number of amides is 1. The number of carbonyl (C=O) groups is 1.